The molecule has 0 radical (unpaired) electrons. The van der Waals surface area contributed by atoms with Crippen LogP contribution in [0.25, 0.3) is 0 Å². The Kier molecular flexibility index (Phi) is 14.5. The predicted octanol–water partition coefficient (Wildman–Crippen LogP) is 5.03. The molecule has 4 aliphatic heterocycles. The number of unbranched alkanes of at least 4 members (excludes halogenated alkanes) is 2. The van der Waals surface area contributed by atoms with E-state index in [-0.39, 0.29) is 71.8 Å². The van der Waals surface area contributed by atoms with Crippen LogP contribution in [-0.4, -0.2) is 127 Å². The minimum absolute atomic E-state index is 0.0860. The molecule has 1 saturated heterocycles. The van der Waals surface area contributed by atoms with Crippen molar-refractivity contribution in [2.75, 3.05) is 50.8 Å². The first-order valence-corrected chi connectivity index (χ1v) is 23.4. The van der Waals surface area contributed by atoms with Crippen LogP contribution in [0.15, 0.2) is 65.3 Å². The first-order valence-electron chi connectivity index (χ1n) is 23.4. The predicted molar refractivity (Wildman–Crippen MR) is 254 cm³/mol. The zero-order valence-electron chi connectivity index (χ0n) is 39.6. The summed E-state index contributed by atoms with van der Waals surface area (Å²) in [6.45, 7) is 5.97. The lowest BCUT2D eigenvalue weighted by molar-refractivity contribution is -0.127. The molecule has 1 saturated carbocycles. The van der Waals surface area contributed by atoms with Crippen molar-refractivity contribution in [2.24, 2.45) is 22.1 Å². The number of rotatable bonds is 18. The van der Waals surface area contributed by atoms with Gasteiger partial charge in [0.15, 0.2) is 29.2 Å². The van der Waals surface area contributed by atoms with Gasteiger partial charge in [-0.3, -0.25) is 24.2 Å². The SMILES string of the molecule is COc1cc2c(cc1OCCCCCOc1cc3c(cc1OC)C(=O)N1CC4(CC4)C[C@H]1C(O)N3C(=O)OCc1ccc(NC(=O)C(C)NC(=O)C(N)C(C)C)cc1)N=C[C@@H]1CC(CO)=CN1C2=O. The molecule has 19 heteroatoms. The molecule has 19 nitrogen and oxygen atoms in total. The molecule has 4 heterocycles. The molecule has 3 unspecified atom stereocenters. The normalized spacial score (nSPS) is 20.4. The van der Waals surface area contributed by atoms with Gasteiger partial charge in [-0.1, -0.05) is 26.0 Å². The Morgan fingerprint density at radius 3 is 2.19 bits per heavy atom. The van der Waals surface area contributed by atoms with Gasteiger partial charge in [-0.05, 0) is 98.6 Å². The van der Waals surface area contributed by atoms with Crippen LogP contribution < -0.4 is 40.2 Å². The molecule has 69 heavy (non-hydrogen) atoms. The van der Waals surface area contributed by atoms with Gasteiger partial charge in [-0.2, -0.15) is 0 Å². The number of methoxy groups -OCH3 is 2. The Labute approximate surface area is 400 Å². The summed E-state index contributed by atoms with van der Waals surface area (Å²) in [6, 6.07) is 10.5. The number of nitrogens with zero attached hydrogens (tertiary/aromatic N) is 4. The number of amides is 5. The molecule has 5 amide bonds. The Morgan fingerprint density at radius 2 is 1.55 bits per heavy atom. The summed E-state index contributed by atoms with van der Waals surface area (Å²) in [4.78, 5) is 75.9. The quantitative estimate of drug-likeness (QED) is 0.105. The minimum atomic E-state index is -1.42. The van der Waals surface area contributed by atoms with Gasteiger partial charge in [0.1, 0.15) is 12.6 Å². The van der Waals surface area contributed by atoms with E-state index in [0.717, 1.165) is 23.3 Å². The van der Waals surface area contributed by atoms with Crippen molar-refractivity contribution in [3.8, 4) is 23.0 Å². The van der Waals surface area contributed by atoms with Crippen molar-refractivity contribution in [3.05, 3.63) is 77.0 Å². The highest BCUT2D eigenvalue weighted by Gasteiger charge is 2.58. The summed E-state index contributed by atoms with van der Waals surface area (Å²) in [6.07, 6.45) is 5.99. The van der Waals surface area contributed by atoms with E-state index < -0.39 is 42.3 Å². The molecule has 3 aromatic rings. The summed E-state index contributed by atoms with van der Waals surface area (Å²) >= 11 is 0. The van der Waals surface area contributed by atoms with Crippen LogP contribution >= 0.6 is 0 Å². The standard InChI is InChI=1S/C50H61N7O12/c1-28(2)43(51)45(60)53-29(3)44(59)54-32-11-9-30(10-12-32)26-69-49(64)57-37-21-42(40(66-5)19-35(37)47(62)56-27-50(13-14-50)22-38(56)48(57)63)68-16-8-6-7-15-67-41-20-36-34(18-39(41)65-4)46(61)55-24-31(25-58)17-33(55)23-52-36/h9-12,18-21,23-24,28-29,33,38,43,48,58,63H,6-8,13-17,22,25-27,51H2,1-5H3,(H,53,60)(H,54,59)/t29?,33-,38-,43?,48?/m0/s1. The van der Waals surface area contributed by atoms with Gasteiger partial charge in [0.05, 0.1) is 74.7 Å². The number of benzene rings is 3. The maximum Gasteiger partial charge on any atom is 0.416 e. The van der Waals surface area contributed by atoms with E-state index in [0.29, 0.717) is 79.3 Å². The average Bonchev–Trinajstić information content (AvgIpc) is 3.86. The van der Waals surface area contributed by atoms with Crippen LogP contribution in [0.4, 0.5) is 21.9 Å². The van der Waals surface area contributed by atoms with E-state index in [4.69, 9.17) is 29.4 Å². The first-order chi connectivity index (χ1) is 33.1. The number of aliphatic imine (C=N–C) groups is 1. The number of carbonyl (C=O) groups excluding carboxylic acids is 5. The van der Waals surface area contributed by atoms with Gasteiger partial charge >= 0.3 is 6.09 Å². The monoisotopic (exact) mass is 951 g/mol. The van der Waals surface area contributed by atoms with Crippen molar-refractivity contribution in [3.63, 3.8) is 0 Å². The van der Waals surface area contributed by atoms with Crippen LogP contribution in [0.5, 0.6) is 23.0 Å². The van der Waals surface area contributed by atoms with E-state index in [2.05, 4.69) is 15.6 Å². The van der Waals surface area contributed by atoms with Gasteiger partial charge in [0, 0.05) is 36.8 Å². The molecule has 5 aliphatic rings. The zero-order valence-corrected chi connectivity index (χ0v) is 39.6. The Bertz CT molecular complexity index is 2530. The third kappa shape index (κ3) is 10.4. The molecule has 0 aromatic heterocycles. The summed E-state index contributed by atoms with van der Waals surface area (Å²) in [7, 11) is 2.97. The van der Waals surface area contributed by atoms with Crippen LogP contribution in [-0.2, 0) is 20.9 Å². The largest absolute Gasteiger partial charge is 0.493 e. The number of nitrogens with two attached hydrogens (primary N) is 1. The fourth-order valence-corrected chi connectivity index (χ4v) is 9.12. The van der Waals surface area contributed by atoms with Crippen molar-refractivity contribution >= 4 is 53.0 Å². The molecule has 5 atom stereocenters. The van der Waals surface area contributed by atoms with Crippen LogP contribution in [0.2, 0.25) is 0 Å². The highest BCUT2D eigenvalue weighted by Crippen LogP contribution is 2.57. The van der Waals surface area contributed by atoms with Crippen molar-refractivity contribution in [1.82, 2.24) is 15.1 Å². The van der Waals surface area contributed by atoms with E-state index >= 15 is 0 Å². The Morgan fingerprint density at radius 1 is 0.884 bits per heavy atom. The number of hydrogen-bond acceptors (Lipinski definition) is 14. The number of fused-ring (bicyclic) bond motifs is 4. The number of aliphatic hydroxyl groups is 2. The molecule has 1 aliphatic carbocycles. The molecule has 8 rings (SSSR count). The molecule has 1 spiro atoms. The molecule has 0 bridgehead atoms. The smallest absolute Gasteiger partial charge is 0.416 e. The van der Waals surface area contributed by atoms with Crippen molar-refractivity contribution in [1.29, 1.82) is 0 Å². The minimum Gasteiger partial charge on any atom is -0.493 e. The van der Waals surface area contributed by atoms with E-state index in [1.54, 1.807) is 71.6 Å². The zero-order chi connectivity index (χ0) is 49.1. The molecular formula is C50H61N7O12. The van der Waals surface area contributed by atoms with Crippen molar-refractivity contribution in [2.45, 2.75) is 103 Å². The number of nitrogens with one attached hydrogen (secondary N) is 2. The van der Waals surface area contributed by atoms with E-state index in [1.807, 2.05) is 13.8 Å². The maximum atomic E-state index is 14.3. The van der Waals surface area contributed by atoms with Gasteiger partial charge in [-0.15, -0.1) is 0 Å². The number of ether oxygens (including phenoxy) is 5. The number of anilines is 2. The van der Waals surface area contributed by atoms with Crippen LogP contribution in [0, 0.1) is 11.3 Å². The fourth-order valence-electron chi connectivity index (χ4n) is 9.12. The van der Waals surface area contributed by atoms with Gasteiger partial charge in [-0.25, -0.2) is 9.69 Å². The average molecular weight is 952 g/mol. The number of aliphatic hydroxyl groups excluding tert-OH is 2. The van der Waals surface area contributed by atoms with Crippen LogP contribution in [0.3, 0.4) is 0 Å². The second-order valence-corrected chi connectivity index (χ2v) is 18.7. The lowest BCUT2D eigenvalue weighted by Gasteiger charge is -2.31. The lowest BCUT2D eigenvalue weighted by atomic mass is 10.0. The van der Waals surface area contributed by atoms with Gasteiger partial charge in [0.2, 0.25) is 11.8 Å². The Hall–Kier alpha value is -6.70. The Balaban J connectivity index is 0.896. The van der Waals surface area contributed by atoms with Crippen molar-refractivity contribution < 1.29 is 57.9 Å². The second kappa shape index (κ2) is 20.5. The maximum absolute atomic E-state index is 14.3. The van der Waals surface area contributed by atoms with Gasteiger partial charge in [0.25, 0.3) is 11.8 Å². The topological polar surface area (TPSA) is 244 Å². The van der Waals surface area contributed by atoms with Crippen LogP contribution in [0.1, 0.15) is 92.0 Å². The molecular weight excluding hydrogens is 891 g/mol. The lowest BCUT2D eigenvalue weighted by Crippen LogP contribution is -2.50. The third-order valence-corrected chi connectivity index (χ3v) is 13.5. The summed E-state index contributed by atoms with van der Waals surface area (Å²) in [5, 5.41) is 27.0. The fraction of sp³-hybridized carbons (Fsp3) is 0.480. The molecule has 6 N–H and O–H groups in total. The van der Waals surface area contributed by atoms with Gasteiger partial charge < -0.3 is 60.1 Å². The first kappa shape index (κ1) is 48.7. The molecule has 2 fully saturated rings. The molecule has 3 aromatic carbocycles. The summed E-state index contributed by atoms with van der Waals surface area (Å²) < 4.78 is 29.4. The third-order valence-electron chi connectivity index (χ3n) is 13.5. The highest BCUT2D eigenvalue weighted by molar-refractivity contribution is 6.06. The number of hydrogen-bond donors (Lipinski definition) is 5. The van der Waals surface area contributed by atoms with E-state index in [9.17, 15) is 34.2 Å². The highest BCUT2D eigenvalue weighted by atomic mass is 16.6. The number of carbonyl (C=O) groups is 5. The van der Waals surface area contributed by atoms with E-state index in [1.165, 1.54) is 20.3 Å². The summed E-state index contributed by atoms with van der Waals surface area (Å²) in [5.41, 5.74) is 8.78. The molecule has 368 valence electrons. The second-order valence-electron chi connectivity index (χ2n) is 18.7. The summed E-state index contributed by atoms with van der Waals surface area (Å²) in [5.74, 6) is -0.104.